The van der Waals surface area contributed by atoms with Gasteiger partial charge >= 0.3 is 0 Å². The van der Waals surface area contributed by atoms with Crippen molar-refractivity contribution in [3.8, 4) is 6.07 Å². The molecule has 15 heavy (non-hydrogen) atoms. The Morgan fingerprint density at radius 1 is 1.60 bits per heavy atom. The van der Waals surface area contributed by atoms with Crippen molar-refractivity contribution >= 4 is 11.6 Å². The summed E-state index contributed by atoms with van der Waals surface area (Å²) in [5, 5.41) is 19.4. The van der Waals surface area contributed by atoms with Crippen LogP contribution in [0.5, 0.6) is 0 Å². The van der Waals surface area contributed by atoms with Gasteiger partial charge in [-0.25, -0.2) is 0 Å². The van der Waals surface area contributed by atoms with Gasteiger partial charge in [-0.3, -0.25) is 14.9 Å². The zero-order chi connectivity index (χ0) is 11.6. The van der Waals surface area contributed by atoms with Crippen LogP contribution in [0.1, 0.15) is 21.5 Å². The second-order valence-electron chi connectivity index (χ2n) is 2.94. The van der Waals surface area contributed by atoms with E-state index >= 15 is 0 Å². The van der Waals surface area contributed by atoms with Crippen molar-refractivity contribution in [1.82, 2.24) is 0 Å². The van der Waals surface area contributed by atoms with Crippen molar-refractivity contribution in [1.29, 1.82) is 5.26 Å². The van der Waals surface area contributed by atoms with Crippen LogP contribution in [0, 0.1) is 28.4 Å². The van der Waals surface area contributed by atoms with E-state index in [-0.39, 0.29) is 11.1 Å². The van der Waals surface area contributed by atoms with Crippen molar-refractivity contribution in [2.45, 2.75) is 6.92 Å². The Labute approximate surface area is 85.1 Å². The minimum Gasteiger partial charge on any atom is -0.365 e. The lowest BCUT2D eigenvalue weighted by atomic mass is 10.0. The zero-order valence-electron chi connectivity index (χ0n) is 7.85. The molecule has 0 unspecified atom stereocenters. The van der Waals surface area contributed by atoms with E-state index in [9.17, 15) is 14.9 Å². The largest absolute Gasteiger partial charge is 0.365 e. The van der Waals surface area contributed by atoms with E-state index in [0.29, 0.717) is 5.56 Å². The average molecular weight is 205 g/mol. The molecule has 0 radical (unpaired) electrons. The number of aryl methyl sites for hydroxylation is 1. The molecule has 0 heterocycles. The van der Waals surface area contributed by atoms with Crippen LogP contribution in [0.15, 0.2) is 12.1 Å². The lowest BCUT2D eigenvalue weighted by Gasteiger charge is -2.02. The van der Waals surface area contributed by atoms with E-state index in [1.165, 1.54) is 12.1 Å². The number of hydrogen-bond donors (Lipinski definition) is 1. The van der Waals surface area contributed by atoms with E-state index in [0.717, 1.165) is 0 Å². The predicted octanol–water partition coefficient (Wildman–Crippen LogP) is 0.874. The molecule has 1 aromatic rings. The summed E-state index contributed by atoms with van der Waals surface area (Å²) in [5.41, 5.74) is 4.64. The first-order chi connectivity index (χ1) is 6.97. The summed E-state index contributed by atoms with van der Waals surface area (Å²) >= 11 is 0. The van der Waals surface area contributed by atoms with E-state index in [4.69, 9.17) is 11.0 Å². The van der Waals surface area contributed by atoms with Crippen LogP contribution in [0.2, 0.25) is 0 Å². The van der Waals surface area contributed by atoms with Crippen LogP contribution >= 0.6 is 0 Å². The normalized spacial score (nSPS) is 9.33. The Morgan fingerprint density at radius 2 is 2.20 bits per heavy atom. The number of carbonyl (C=O) groups is 1. The molecule has 0 aliphatic rings. The summed E-state index contributed by atoms with van der Waals surface area (Å²) in [7, 11) is 0. The number of primary amides is 1. The van der Waals surface area contributed by atoms with Gasteiger partial charge in [0.2, 0.25) is 0 Å². The molecular formula is C9H7N3O3. The summed E-state index contributed by atoms with van der Waals surface area (Å²) in [6, 6.07) is 4.29. The van der Waals surface area contributed by atoms with Crippen molar-refractivity contribution < 1.29 is 9.72 Å². The molecule has 0 aliphatic heterocycles. The Hall–Kier alpha value is -2.42. The van der Waals surface area contributed by atoms with Crippen molar-refractivity contribution in [2.24, 2.45) is 5.73 Å². The summed E-state index contributed by atoms with van der Waals surface area (Å²) in [6.45, 7) is 1.62. The van der Waals surface area contributed by atoms with Gasteiger partial charge in [-0.05, 0) is 24.6 Å². The summed E-state index contributed by atoms with van der Waals surface area (Å²) in [5.74, 6) is -0.915. The topological polar surface area (TPSA) is 110 Å². The lowest BCUT2D eigenvalue weighted by Crippen LogP contribution is -2.14. The molecule has 0 atom stereocenters. The second-order valence-corrected chi connectivity index (χ2v) is 2.94. The Morgan fingerprint density at radius 3 is 2.60 bits per heavy atom. The van der Waals surface area contributed by atoms with Gasteiger partial charge in [-0.2, -0.15) is 5.26 Å². The molecule has 6 heteroatoms. The van der Waals surface area contributed by atoms with Gasteiger partial charge in [0.25, 0.3) is 11.6 Å². The maximum atomic E-state index is 11.0. The number of benzene rings is 1. The first-order valence-corrected chi connectivity index (χ1v) is 3.96. The molecule has 0 saturated heterocycles. The quantitative estimate of drug-likeness (QED) is 0.570. The van der Waals surface area contributed by atoms with E-state index < -0.39 is 16.5 Å². The molecule has 0 fully saturated rings. The molecule has 1 rings (SSSR count). The third kappa shape index (κ3) is 1.91. The van der Waals surface area contributed by atoms with Crippen LogP contribution in [0.3, 0.4) is 0 Å². The molecular weight excluding hydrogens is 198 g/mol. The van der Waals surface area contributed by atoms with Gasteiger partial charge in [0.05, 0.1) is 4.92 Å². The molecule has 2 N–H and O–H groups in total. The van der Waals surface area contributed by atoms with E-state index in [1.807, 2.05) is 0 Å². The number of nitrogens with two attached hydrogens (primary N) is 1. The maximum absolute atomic E-state index is 11.0. The zero-order valence-corrected chi connectivity index (χ0v) is 7.85. The number of nitro benzene ring substituents is 1. The van der Waals surface area contributed by atoms with Crippen molar-refractivity contribution in [3.63, 3.8) is 0 Å². The van der Waals surface area contributed by atoms with Gasteiger partial charge < -0.3 is 5.73 Å². The fourth-order valence-electron chi connectivity index (χ4n) is 1.25. The van der Waals surface area contributed by atoms with Crippen LogP contribution in [0.25, 0.3) is 0 Å². The smallest absolute Gasteiger partial charge is 0.299 e. The molecule has 0 spiro atoms. The molecule has 1 aromatic carbocycles. The van der Waals surface area contributed by atoms with Gasteiger partial charge in [-0.15, -0.1) is 0 Å². The maximum Gasteiger partial charge on any atom is 0.299 e. The van der Waals surface area contributed by atoms with Gasteiger partial charge in [0.15, 0.2) is 0 Å². The SMILES string of the molecule is Cc1cc(C#N)c([N+](=O)[O-])c(C(N)=O)c1. The minimum atomic E-state index is -0.915. The molecule has 6 nitrogen and oxygen atoms in total. The predicted molar refractivity (Wildman–Crippen MR) is 51.1 cm³/mol. The van der Waals surface area contributed by atoms with Crippen LogP contribution in [-0.2, 0) is 0 Å². The number of nitrogens with zero attached hydrogens (tertiary/aromatic N) is 2. The first kappa shape index (κ1) is 10.7. The number of hydrogen-bond acceptors (Lipinski definition) is 4. The number of rotatable bonds is 2. The van der Waals surface area contributed by atoms with Crippen LogP contribution < -0.4 is 5.73 Å². The minimum absolute atomic E-state index is 0.159. The Bertz CT molecular complexity index is 488. The first-order valence-electron chi connectivity index (χ1n) is 3.96. The van der Waals surface area contributed by atoms with Crippen LogP contribution in [0.4, 0.5) is 5.69 Å². The number of nitro groups is 1. The lowest BCUT2D eigenvalue weighted by molar-refractivity contribution is -0.385. The van der Waals surface area contributed by atoms with Crippen LogP contribution in [-0.4, -0.2) is 10.8 Å². The molecule has 0 aliphatic carbocycles. The van der Waals surface area contributed by atoms with Gasteiger partial charge in [0, 0.05) is 0 Å². The Kier molecular flexibility index (Phi) is 2.67. The standard InChI is InChI=1S/C9H7N3O3/c1-5-2-6(4-10)8(12(14)15)7(3-5)9(11)13/h2-3H,1H3,(H2,11,13). The number of nitriles is 1. The highest BCUT2D eigenvalue weighted by Crippen LogP contribution is 2.24. The van der Waals surface area contributed by atoms with Crippen molar-refractivity contribution in [3.05, 3.63) is 38.9 Å². The molecule has 1 amide bonds. The summed E-state index contributed by atoms with van der Waals surface area (Å²) in [6.07, 6.45) is 0. The van der Waals surface area contributed by atoms with E-state index in [2.05, 4.69) is 0 Å². The number of amides is 1. The summed E-state index contributed by atoms with van der Waals surface area (Å²) < 4.78 is 0. The summed E-state index contributed by atoms with van der Waals surface area (Å²) in [4.78, 5) is 20.8. The third-order valence-corrected chi connectivity index (χ3v) is 1.82. The highest BCUT2D eigenvalue weighted by molar-refractivity contribution is 5.98. The Balaban J connectivity index is 3.64. The van der Waals surface area contributed by atoms with E-state index in [1.54, 1.807) is 13.0 Å². The molecule has 0 aromatic heterocycles. The third-order valence-electron chi connectivity index (χ3n) is 1.82. The second kappa shape index (κ2) is 3.75. The average Bonchev–Trinajstić information content (AvgIpc) is 2.15. The molecule has 0 bridgehead atoms. The van der Waals surface area contributed by atoms with Crippen molar-refractivity contribution in [2.75, 3.05) is 0 Å². The molecule has 0 saturated carbocycles. The highest BCUT2D eigenvalue weighted by atomic mass is 16.6. The molecule has 76 valence electrons. The van der Waals surface area contributed by atoms with Gasteiger partial charge in [-0.1, -0.05) is 0 Å². The monoisotopic (exact) mass is 205 g/mol. The fraction of sp³-hybridized carbons (Fsp3) is 0.111. The highest BCUT2D eigenvalue weighted by Gasteiger charge is 2.23. The fourth-order valence-corrected chi connectivity index (χ4v) is 1.25. The van der Waals surface area contributed by atoms with Gasteiger partial charge in [0.1, 0.15) is 17.2 Å². The number of carbonyl (C=O) groups excluding carboxylic acids is 1.